The fourth-order valence-corrected chi connectivity index (χ4v) is 7.93. The first-order chi connectivity index (χ1) is 28.6. The third-order valence-corrected chi connectivity index (χ3v) is 11.5. The van der Waals surface area contributed by atoms with E-state index in [9.17, 15) is 29.7 Å². The molecule has 1 fully saturated rings. The van der Waals surface area contributed by atoms with Crippen LogP contribution < -0.4 is 11.1 Å². The average Bonchev–Trinajstić information content (AvgIpc) is 3.22. The number of nitrogens with zero attached hydrogens (tertiary/aromatic N) is 2. The highest BCUT2D eigenvalue weighted by atomic mass is 16.6. The molecule has 0 aliphatic carbocycles. The number of aliphatic hydroxyl groups is 3. The molecule has 1 heterocycles. The second-order valence-electron chi connectivity index (χ2n) is 17.2. The van der Waals surface area contributed by atoms with Crippen molar-refractivity contribution < 1.29 is 39.2 Å². The predicted octanol–water partition coefficient (Wildman–Crippen LogP) is 8.97. The van der Waals surface area contributed by atoms with Gasteiger partial charge in [0, 0.05) is 13.1 Å². The molecule has 4 amide bonds. The van der Waals surface area contributed by atoms with E-state index in [0.717, 1.165) is 56.3 Å². The number of nitrogens with two attached hydrogens (primary N) is 1. The van der Waals surface area contributed by atoms with Crippen molar-refractivity contribution in [2.24, 2.45) is 11.7 Å². The standard InChI is InChI=1S/C47H84N4O8/c1-5-7-9-11-13-15-17-18-20-22-24-29-33-50(46(56)49-32-28-23-21-19-16-14-12-10-8-6-2)45-41(43(54)42(53)40(35-52)59-45)51(44(55)39(48)34-37(3)4)47(57)58-36-38-30-26-25-27-31-38/h25-27,30-31,37,39-43,45,52-54H,5-24,28-29,32-36,48H2,1-4H3,(H,49,56)/t39-,40+,41+,42+,43+,45+/m0/s1. The van der Waals surface area contributed by atoms with Crippen molar-refractivity contribution in [3.63, 3.8) is 0 Å². The largest absolute Gasteiger partial charge is 0.444 e. The minimum atomic E-state index is -1.79. The number of hydrogen-bond acceptors (Lipinski definition) is 9. The van der Waals surface area contributed by atoms with Crippen molar-refractivity contribution in [3.8, 4) is 0 Å². The molecule has 1 saturated heterocycles. The van der Waals surface area contributed by atoms with Crippen molar-refractivity contribution >= 4 is 18.0 Å². The second-order valence-corrected chi connectivity index (χ2v) is 17.2. The van der Waals surface area contributed by atoms with Crippen LogP contribution in [0.3, 0.4) is 0 Å². The van der Waals surface area contributed by atoms with Crippen LogP contribution in [0.15, 0.2) is 30.3 Å². The number of nitrogens with one attached hydrogen (secondary N) is 1. The lowest BCUT2D eigenvalue weighted by atomic mass is 9.93. The lowest BCUT2D eigenvalue weighted by molar-refractivity contribution is -0.238. The molecule has 2 rings (SSSR count). The van der Waals surface area contributed by atoms with Crippen LogP contribution in [0, 0.1) is 5.92 Å². The van der Waals surface area contributed by atoms with E-state index >= 15 is 0 Å². The zero-order valence-corrected chi connectivity index (χ0v) is 37.4. The van der Waals surface area contributed by atoms with Crippen LogP contribution in [-0.4, -0.2) is 99.5 Å². The maximum Gasteiger partial charge on any atom is 0.417 e. The number of carbonyl (C=O) groups excluding carboxylic acids is 3. The van der Waals surface area contributed by atoms with E-state index in [1.165, 1.54) is 88.4 Å². The molecule has 0 spiro atoms. The van der Waals surface area contributed by atoms with Gasteiger partial charge in [0.05, 0.1) is 12.6 Å². The van der Waals surface area contributed by atoms with Gasteiger partial charge in [0.2, 0.25) is 5.91 Å². The molecular formula is C47H84N4O8. The van der Waals surface area contributed by atoms with Gasteiger partial charge in [0.15, 0.2) is 6.23 Å². The van der Waals surface area contributed by atoms with Gasteiger partial charge < -0.3 is 35.8 Å². The fourth-order valence-electron chi connectivity index (χ4n) is 7.93. The van der Waals surface area contributed by atoms with E-state index < -0.39 is 61.3 Å². The molecule has 12 nitrogen and oxygen atoms in total. The van der Waals surface area contributed by atoms with Gasteiger partial charge in [-0.25, -0.2) is 14.5 Å². The molecular weight excluding hydrogens is 749 g/mol. The summed E-state index contributed by atoms with van der Waals surface area (Å²) in [6.07, 6.45) is 18.2. The maximum atomic E-state index is 14.2. The molecule has 1 aromatic carbocycles. The van der Waals surface area contributed by atoms with E-state index in [1.807, 2.05) is 19.9 Å². The molecule has 1 aliphatic heterocycles. The van der Waals surface area contributed by atoms with Gasteiger partial charge in [-0.15, -0.1) is 0 Å². The summed E-state index contributed by atoms with van der Waals surface area (Å²) in [5.74, 6) is -0.817. The highest BCUT2D eigenvalue weighted by Gasteiger charge is 2.53. The van der Waals surface area contributed by atoms with E-state index in [2.05, 4.69) is 19.2 Å². The van der Waals surface area contributed by atoms with E-state index in [1.54, 1.807) is 24.3 Å². The molecule has 6 N–H and O–H groups in total. The minimum absolute atomic E-state index is 0.00249. The molecule has 12 heteroatoms. The lowest BCUT2D eigenvalue weighted by Crippen LogP contribution is -2.72. The van der Waals surface area contributed by atoms with Gasteiger partial charge >= 0.3 is 12.1 Å². The number of unbranched alkanes of at least 4 members (excludes halogenated alkanes) is 20. The molecule has 1 aliphatic rings. The summed E-state index contributed by atoms with van der Waals surface area (Å²) in [5.41, 5.74) is 7.08. The number of ether oxygens (including phenoxy) is 2. The summed E-state index contributed by atoms with van der Waals surface area (Å²) in [7, 11) is 0. The fraction of sp³-hybridized carbons (Fsp3) is 0.809. The van der Waals surface area contributed by atoms with Gasteiger partial charge in [-0.1, -0.05) is 186 Å². The first kappa shape index (κ1) is 52.4. The highest BCUT2D eigenvalue weighted by molar-refractivity contribution is 5.95. The highest BCUT2D eigenvalue weighted by Crippen LogP contribution is 2.30. The summed E-state index contributed by atoms with van der Waals surface area (Å²) < 4.78 is 11.9. The van der Waals surface area contributed by atoms with E-state index in [4.69, 9.17) is 15.2 Å². The summed E-state index contributed by atoms with van der Waals surface area (Å²) in [6, 6.07) is 5.77. The van der Waals surface area contributed by atoms with Gasteiger partial charge in [0.1, 0.15) is 31.0 Å². The quantitative estimate of drug-likeness (QED) is 0.0444. The third kappa shape index (κ3) is 20.6. The third-order valence-electron chi connectivity index (χ3n) is 11.5. The van der Waals surface area contributed by atoms with Gasteiger partial charge in [-0.05, 0) is 30.7 Å². The Morgan fingerprint density at radius 3 is 1.73 bits per heavy atom. The molecule has 6 atom stereocenters. The summed E-state index contributed by atoms with van der Waals surface area (Å²) >= 11 is 0. The lowest BCUT2D eigenvalue weighted by Gasteiger charge is -2.49. The molecule has 0 unspecified atom stereocenters. The van der Waals surface area contributed by atoms with Crippen LogP contribution in [0.5, 0.6) is 0 Å². The Hall–Kier alpha value is -2.77. The van der Waals surface area contributed by atoms with Gasteiger partial charge in [-0.2, -0.15) is 0 Å². The smallest absolute Gasteiger partial charge is 0.417 e. The van der Waals surface area contributed by atoms with Gasteiger partial charge in [0.25, 0.3) is 0 Å². The second kappa shape index (κ2) is 32.0. The SMILES string of the molecule is CCCCCCCCCCCCCCN(C(=O)NCCCCCCCCCCCC)[C@@H]1O[C@H](CO)[C@@H](O)[C@H](O)[C@H]1N(C(=O)OCc1ccccc1)C(=O)[C@@H](N)CC(C)C. The van der Waals surface area contributed by atoms with Crippen molar-refractivity contribution in [1.29, 1.82) is 0 Å². The zero-order valence-electron chi connectivity index (χ0n) is 37.4. The minimum Gasteiger partial charge on any atom is -0.444 e. The topological polar surface area (TPSA) is 175 Å². The summed E-state index contributed by atoms with van der Waals surface area (Å²) in [4.78, 5) is 44.6. The van der Waals surface area contributed by atoms with E-state index in [-0.39, 0.29) is 25.5 Å². The number of imide groups is 1. The molecule has 0 radical (unpaired) electrons. The van der Waals surface area contributed by atoms with Crippen LogP contribution in [-0.2, 0) is 20.9 Å². The maximum absolute atomic E-state index is 14.2. The van der Waals surface area contributed by atoms with Crippen molar-refractivity contribution in [3.05, 3.63) is 35.9 Å². The number of rotatable bonds is 32. The predicted molar refractivity (Wildman–Crippen MR) is 235 cm³/mol. The Balaban J connectivity index is 2.28. The van der Waals surface area contributed by atoms with Crippen molar-refractivity contribution in [2.75, 3.05) is 19.7 Å². The normalized spacial score (nSPS) is 19.7. The van der Waals surface area contributed by atoms with Crippen LogP contribution in [0.2, 0.25) is 0 Å². The monoisotopic (exact) mass is 833 g/mol. The molecule has 59 heavy (non-hydrogen) atoms. The number of benzene rings is 1. The Morgan fingerprint density at radius 2 is 1.24 bits per heavy atom. The Labute approximate surface area is 357 Å². The molecule has 0 bridgehead atoms. The Bertz CT molecular complexity index is 1240. The molecule has 1 aromatic rings. The van der Waals surface area contributed by atoms with Crippen LogP contribution in [0.4, 0.5) is 9.59 Å². The average molecular weight is 833 g/mol. The van der Waals surface area contributed by atoms with Crippen LogP contribution in [0.1, 0.15) is 181 Å². The number of urea groups is 1. The first-order valence-electron chi connectivity index (χ1n) is 23.5. The molecule has 0 saturated carbocycles. The summed E-state index contributed by atoms with van der Waals surface area (Å²) in [6.45, 7) is 8.04. The van der Waals surface area contributed by atoms with Gasteiger partial charge in [-0.3, -0.25) is 9.69 Å². The van der Waals surface area contributed by atoms with E-state index in [0.29, 0.717) is 18.5 Å². The van der Waals surface area contributed by atoms with Crippen molar-refractivity contribution in [2.45, 2.75) is 219 Å². The zero-order chi connectivity index (χ0) is 43.3. The number of aliphatic hydroxyl groups excluding tert-OH is 3. The molecule has 0 aromatic heterocycles. The number of amides is 4. The summed E-state index contributed by atoms with van der Waals surface area (Å²) in [5, 5.41) is 36.2. The first-order valence-corrected chi connectivity index (χ1v) is 23.5. The number of hydrogen-bond donors (Lipinski definition) is 5. The van der Waals surface area contributed by atoms with Crippen molar-refractivity contribution in [1.82, 2.24) is 15.1 Å². The van der Waals surface area contributed by atoms with Crippen LogP contribution in [0.25, 0.3) is 0 Å². The Kier molecular flexibility index (Phi) is 28.4. The van der Waals surface area contributed by atoms with Crippen LogP contribution >= 0.6 is 0 Å². The molecule has 340 valence electrons. The Morgan fingerprint density at radius 1 is 0.746 bits per heavy atom. The number of carbonyl (C=O) groups is 3.